The van der Waals surface area contributed by atoms with Gasteiger partial charge in [0.25, 0.3) is 0 Å². The summed E-state index contributed by atoms with van der Waals surface area (Å²) >= 11 is 0. The molecule has 1 heterocycles. The fourth-order valence-corrected chi connectivity index (χ4v) is 7.30. The van der Waals surface area contributed by atoms with Crippen LogP contribution in [-0.4, -0.2) is 67.4 Å². The van der Waals surface area contributed by atoms with Crippen LogP contribution in [0, 0.1) is 23.7 Å². The predicted molar refractivity (Wildman–Crippen MR) is 168 cm³/mol. The largest absolute Gasteiger partial charge is 0.390 e. The van der Waals surface area contributed by atoms with E-state index in [2.05, 4.69) is 10.3 Å². The Hall–Kier alpha value is -2.03. The zero-order chi connectivity index (χ0) is 30.8. The highest BCUT2D eigenvalue weighted by atomic mass is 16.3. The molecule has 8 nitrogen and oxygen atoms in total. The zero-order valence-electron chi connectivity index (χ0n) is 26.6. The number of amides is 2. The Bertz CT molecular complexity index is 988. The fourth-order valence-electron chi connectivity index (χ4n) is 7.30. The number of rotatable bonds is 16. The molecule has 0 saturated heterocycles. The molecule has 4 atom stereocenters. The van der Waals surface area contributed by atoms with Crippen LogP contribution in [0.4, 0.5) is 0 Å². The molecule has 0 unspecified atom stereocenters. The summed E-state index contributed by atoms with van der Waals surface area (Å²) in [5, 5.41) is 36.6. The van der Waals surface area contributed by atoms with E-state index >= 15 is 0 Å². The van der Waals surface area contributed by atoms with E-state index in [1.165, 1.54) is 6.42 Å². The maximum absolute atomic E-state index is 14.0. The SMILES string of the molecule is CC(C)C[C@H](O)[C@H](O)[C@H](CC1CCCCC1)NC(=O)[C@@H](CC(=O)N(Cc1cccnc1)CC1(O)CCCCC1)CC1CC1. The maximum Gasteiger partial charge on any atom is 0.223 e. The molecule has 3 aliphatic rings. The minimum atomic E-state index is -1.05. The molecule has 3 saturated carbocycles. The number of hydrogen-bond acceptors (Lipinski definition) is 6. The summed E-state index contributed by atoms with van der Waals surface area (Å²) in [5.74, 6) is 0.226. The smallest absolute Gasteiger partial charge is 0.223 e. The second-order valence-electron chi connectivity index (χ2n) is 14.5. The van der Waals surface area contributed by atoms with Gasteiger partial charge >= 0.3 is 0 Å². The van der Waals surface area contributed by atoms with E-state index in [0.717, 1.165) is 63.4 Å². The molecule has 3 aliphatic carbocycles. The van der Waals surface area contributed by atoms with Crippen LogP contribution in [0.1, 0.15) is 122 Å². The van der Waals surface area contributed by atoms with Crippen molar-refractivity contribution in [3.05, 3.63) is 30.1 Å². The Labute approximate surface area is 259 Å². The normalized spacial score (nSPS) is 22.0. The van der Waals surface area contributed by atoms with Crippen LogP contribution >= 0.6 is 0 Å². The van der Waals surface area contributed by atoms with Crippen LogP contribution in [0.5, 0.6) is 0 Å². The fraction of sp³-hybridized carbons (Fsp3) is 0.800. The lowest BCUT2D eigenvalue weighted by molar-refractivity contribution is -0.141. The molecule has 4 N–H and O–H groups in total. The molecule has 2 amide bonds. The lowest BCUT2D eigenvalue weighted by atomic mass is 9.82. The number of aromatic nitrogens is 1. The third-order valence-corrected chi connectivity index (χ3v) is 9.98. The summed E-state index contributed by atoms with van der Waals surface area (Å²) in [7, 11) is 0. The van der Waals surface area contributed by atoms with Crippen molar-refractivity contribution in [2.75, 3.05) is 6.54 Å². The van der Waals surface area contributed by atoms with Crippen LogP contribution in [0.2, 0.25) is 0 Å². The van der Waals surface area contributed by atoms with Crippen LogP contribution in [0.3, 0.4) is 0 Å². The Kier molecular flexibility index (Phi) is 12.9. The Morgan fingerprint density at radius 1 is 1.00 bits per heavy atom. The van der Waals surface area contributed by atoms with Gasteiger partial charge in [-0.3, -0.25) is 14.6 Å². The highest BCUT2D eigenvalue weighted by molar-refractivity contribution is 5.86. The van der Waals surface area contributed by atoms with Crippen molar-refractivity contribution < 1.29 is 24.9 Å². The van der Waals surface area contributed by atoms with Gasteiger partial charge in [0.15, 0.2) is 0 Å². The molecule has 0 spiro atoms. The summed E-state index contributed by atoms with van der Waals surface area (Å²) in [5.41, 5.74) is -0.0141. The highest BCUT2D eigenvalue weighted by Crippen LogP contribution is 2.37. The molecule has 1 aromatic rings. The molecule has 1 aromatic heterocycles. The van der Waals surface area contributed by atoms with Gasteiger partial charge in [-0.15, -0.1) is 0 Å². The van der Waals surface area contributed by atoms with Crippen molar-refractivity contribution in [3.8, 4) is 0 Å². The Morgan fingerprint density at radius 3 is 2.30 bits per heavy atom. The minimum absolute atomic E-state index is 0.0689. The summed E-state index contributed by atoms with van der Waals surface area (Å²) in [6.07, 6.45) is 15.5. The molecular weight excluding hydrogens is 542 g/mol. The average molecular weight is 600 g/mol. The van der Waals surface area contributed by atoms with E-state index in [1.807, 2.05) is 26.0 Å². The van der Waals surface area contributed by atoms with Gasteiger partial charge in [-0.1, -0.05) is 84.1 Å². The number of aliphatic hydroxyl groups is 3. The van der Waals surface area contributed by atoms with E-state index < -0.39 is 29.8 Å². The van der Waals surface area contributed by atoms with Crippen molar-refractivity contribution in [3.63, 3.8) is 0 Å². The highest BCUT2D eigenvalue weighted by Gasteiger charge is 2.38. The van der Waals surface area contributed by atoms with Crippen molar-refractivity contribution in [1.82, 2.24) is 15.2 Å². The first-order valence-corrected chi connectivity index (χ1v) is 17.2. The van der Waals surface area contributed by atoms with Crippen LogP contribution in [0.15, 0.2) is 24.5 Å². The average Bonchev–Trinajstić information content (AvgIpc) is 3.81. The van der Waals surface area contributed by atoms with Gasteiger partial charge in [-0.2, -0.15) is 0 Å². The van der Waals surface area contributed by atoms with Gasteiger partial charge < -0.3 is 25.5 Å². The number of nitrogens with one attached hydrogen (secondary N) is 1. The third kappa shape index (κ3) is 11.1. The molecule has 0 radical (unpaired) electrons. The summed E-state index contributed by atoms with van der Waals surface area (Å²) < 4.78 is 0. The summed E-state index contributed by atoms with van der Waals surface area (Å²) in [6, 6.07) is 3.24. The molecule has 0 aromatic carbocycles. The van der Waals surface area contributed by atoms with Crippen LogP contribution < -0.4 is 5.32 Å². The monoisotopic (exact) mass is 599 g/mol. The number of carbonyl (C=O) groups excluding carboxylic acids is 2. The number of carbonyl (C=O) groups is 2. The molecule has 0 aliphatic heterocycles. The first kappa shape index (κ1) is 33.9. The lowest BCUT2D eigenvalue weighted by Crippen LogP contribution is -2.52. The van der Waals surface area contributed by atoms with Gasteiger partial charge in [0.1, 0.15) is 6.10 Å². The van der Waals surface area contributed by atoms with E-state index in [0.29, 0.717) is 50.5 Å². The topological polar surface area (TPSA) is 123 Å². The van der Waals surface area contributed by atoms with Crippen LogP contribution in [0.25, 0.3) is 0 Å². The predicted octanol–water partition coefficient (Wildman–Crippen LogP) is 5.13. The van der Waals surface area contributed by atoms with E-state index in [-0.39, 0.29) is 30.7 Å². The van der Waals surface area contributed by atoms with Gasteiger partial charge in [0.2, 0.25) is 11.8 Å². The van der Waals surface area contributed by atoms with E-state index in [4.69, 9.17) is 0 Å². The summed E-state index contributed by atoms with van der Waals surface area (Å²) in [6.45, 7) is 4.63. The first-order valence-electron chi connectivity index (χ1n) is 17.2. The first-order chi connectivity index (χ1) is 20.6. The van der Waals surface area contributed by atoms with Crippen LogP contribution in [-0.2, 0) is 16.1 Å². The molecule has 4 rings (SSSR count). The molecule has 43 heavy (non-hydrogen) atoms. The van der Waals surface area contributed by atoms with Crippen molar-refractivity contribution in [1.29, 1.82) is 0 Å². The number of aliphatic hydroxyl groups excluding tert-OH is 2. The molecule has 242 valence electrons. The summed E-state index contributed by atoms with van der Waals surface area (Å²) in [4.78, 5) is 33.9. The molecule has 0 bridgehead atoms. The zero-order valence-corrected chi connectivity index (χ0v) is 26.6. The number of pyridine rings is 1. The van der Waals surface area contributed by atoms with Gasteiger partial charge in [-0.05, 0) is 61.5 Å². The number of nitrogens with zero attached hydrogens (tertiary/aromatic N) is 2. The standard InChI is InChI=1S/C35H57N3O5/c1-25(2)18-31(39)33(41)30(20-26-10-5-3-6-11-26)37-34(42)29(19-27-13-14-27)21-32(40)38(23-28-12-9-17-36-22-28)24-35(43)15-7-4-8-16-35/h9,12,17,22,25-27,29-31,33,39,41,43H,3-8,10-11,13-16,18-21,23-24H2,1-2H3,(H,37,42)/t29-,30+,31+,33-/m1/s1. The second-order valence-corrected chi connectivity index (χ2v) is 14.5. The third-order valence-electron chi connectivity index (χ3n) is 9.98. The van der Waals surface area contributed by atoms with Crippen molar-refractivity contribution in [2.24, 2.45) is 23.7 Å². The molecule has 3 fully saturated rings. The van der Waals surface area contributed by atoms with Gasteiger partial charge in [-0.25, -0.2) is 0 Å². The van der Waals surface area contributed by atoms with E-state index in [1.54, 1.807) is 17.3 Å². The van der Waals surface area contributed by atoms with E-state index in [9.17, 15) is 24.9 Å². The molecular formula is C35H57N3O5. The second kappa shape index (κ2) is 16.3. The lowest BCUT2D eigenvalue weighted by Gasteiger charge is -2.37. The Morgan fingerprint density at radius 2 is 1.67 bits per heavy atom. The van der Waals surface area contributed by atoms with Gasteiger partial charge in [0.05, 0.1) is 17.7 Å². The number of hydrogen-bond donors (Lipinski definition) is 4. The van der Waals surface area contributed by atoms with Crippen molar-refractivity contribution in [2.45, 2.75) is 147 Å². The Balaban J connectivity index is 1.48. The van der Waals surface area contributed by atoms with Gasteiger partial charge in [0, 0.05) is 37.8 Å². The molecule has 8 heteroatoms. The minimum Gasteiger partial charge on any atom is -0.390 e. The maximum atomic E-state index is 14.0. The van der Waals surface area contributed by atoms with Crippen molar-refractivity contribution >= 4 is 11.8 Å². The quantitative estimate of drug-likeness (QED) is 0.209.